The molecule has 2 aliphatic heterocycles. The predicted molar refractivity (Wildman–Crippen MR) is 79.5 cm³/mol. The fraction of sp³-hybridized carbons (Fsp3) is 0.600. The van der Waals surface area contributed by atoms with Gasteiger partial charge in [-0.15, -0.1) is 0 Å². The van der Waals surface area contributed by atoms with Crippen molar-refractivity contribution >= 4 is 12.6 Å². The van der Waals surface area contributed by atoms with Gasteiger partial charge in [0.1, 0.15) is 5.75 Å². The topological polar surface area (TPSA) is 46.2 Å². The zero-order valence-corrected chi connectivity index (χ0v) is 13.2. The Morgan fingerprint density at radius 2 is 1.76 bits per heavy atom. The Morgan fingerprint density at radius 3 is 2.38 bits per heavy atom. The van der Waals surface area contributed by atoms with Gasteiger partial charge >= 0.3 is 7.12 Å². The van der Waals surface area contributed by atoms with Crippen molar-refractivity contribution in [1.82, 2.24) is 0 Å². The van der Waals surface area contributed by atoms with Gasteiger partial charge < -0.3 is 23.5 Å². The monoisotopic (exact) mass is 292 g/mol. The van der Waals surface area contributed by atoms with Crippen LogP contribution in [0.1, 0.15) is 34.6 Å². The largest absolute Gasteiger partial charge is 0.502 e. The van der Waals surface area contributed by atoms with E-state index in [1.54, 1.807) is 0 Å². The highest BCUT2D eigenvalue weighted by Crippen LogP contribution is 2.41. The van der Waals surface area contributed by atoms with E-state index in [0.29, 0.717) is 23.9 Å². The SMILES string of the molecule is CCOc1ccc2c(c1B1OC(C)(C)C(C)(C)O1)OCO2. The van der Waals surface area contributed by atoms with E-state index in [1.807, 2.05) is 46.8 Å². The number of fused-ring (bicyclic) bond motifs is 1. The second kappa shape index (κ2) is 4.82. The van der Waals surface area contributed by atoms with Crippen LogP contribution in [-0.2, 0) is 9.31 Å². The summed E-state index contributed by atoms with van der Waals surface area (Å²) in [6, 6.07) is 3.72. The fourth-order valence-corrected chi connectivity index (χ4v) is 2.44. The smallest absolute Gasteiger partial charge is 0.494 e. The van der Waals surface area contributed by atoms with Gasteiger partial charge in [-0.3, -0.25) is 0 Å². The lowest BCUT2D eigenvalue weighted by atomic mass is 9.77. The molecular weight excluding hydrogens is 271 g/mol. The highest BCUT2D eigenvalue weighted by molar-refractivity contribution is 6.64. The molecule has 0 saturated carbocycles. The molecule has 0 unspecified atom stereocenters. The maximum Gasteiger partial charge on any atom is 0.502 e. The zero-order valence-electron chi connectivity index (χ0n) is 13.2. The molecule has 1 aromatic carbocycles. The lowest BCUT2D eigenvalue weighted by Crippen LogP contribution is -2.41. The van der Waals surface area contributed by atoms with Crippen LogP contribution >= 0.6 is 0 Å². The van der Waals surface area contributed by atoms with Crippen LogP contribution in [0.3, 0.4) is 0 Å². The van der Waals surface area contributed by atoms with E-state index >= 15 is 0 Å². The molecule has 6 heteroatoms. The number of hydrogen-bond acceptors (Lipinski definition) is 5. The molecule has 1 aromatic rings. The Hall–Kier alpha value is -1.40. The average Bonchev–Trinajstić information content (AvgIpc) is 2.92. The van der Waals surface area contributed by atoms with Crippen molar-refractivity contribution in [3.05, 3.63) is 12.1 Å². The molecule has 0 radical (unpaired) electrons. The molecule has 2 heterocycles. The van der Waals surface area contributed by atoms with E-state index in [0.717, 1.165) is 5.46 Å². The third kappa shape index (κ3) is 2.26. The van der Waals surface area contributed by atoms with Gasteiger partial charge in [-0.25, -0.2) is 0 Å². The summed E-state index contributed by atoms with van der Waals surface area (Å²) in [7, 11) is -0.534. The molecule has 0 N–H and O–H groups in total. The molecule has 0 spiro atoms. The second-order valence-electron chi connectivity index (χ2n) is 6.23. The molecule has 0 aliphatic carbocycles. The fourth-order valence-electron chi connectivity index (χ4n) is 2.44. The first-order valence-electron chi connectivity index (χ1n) is 7.26. The first-order valence-corrected chi connectivity index (χ1v) is 7.26. The Bertz CT molecular complexity index is 539. The van der Waals surface area contributed by atoms with Crippen LogP contribution in [0.25, 0.3) is 0 Å². The zero-order chi connectivity index (χ0) is 15.3. The molecule has 1 fully saturated rings. The highest BCUT2D eigenvalue weighted by Gasteiger charge is 2.54. The van der Waals surface area contributed by atoms with Crippen molar-refractivity contribution in [2.75, 3.05) is 13.4 Å². The summed E-state index contributed by atoms with van der Waals surface area (Å²) in [4.78, 5) is 0. The van der Waals surface area contributed by atoms with E-state index in [2.05, 4.69) is 0 Å². The second-order valence-corrected chi connectivity index (χ2v) is 6.23. The maximum absolute atomic E-state index is 6.12. The van der Waals surface area contributed by atoms with Gasteiger partial charge in [0.15, 0.2) is 11.5 Å². The van der Waals surface area contributed by atoms with Gasteiger partial charge in [0.25, 0.3) is 0 Å². The third-order valence-corrected chi connectivity index (χ3v) is 4.33. The number of benzene rings is 1. The molecule has 0 bridgehead atoms. The molecule has 1 saturated heterocycles. The van der Waals surface area contributed by atoms with Crippen molar-refractivity contribution in [3.63, 3.8) is 0 Å². The number of ether oxygens (including phenoxy) is 3. The average molecular weight is 292 g/mol. The normalized spacial score (nSPS) is 21.7. The van der Waals surface area contributed by atoms with E-state index in [4.69, 9.17) is 23.5 Å². The van der Waals surface area contributed by atoms with Gasteiger partial charge in [-0.2, -0.15) is 0 Å². The molecule has 0 aromatic heterocycles. The highest BCUT2D eigenvalue weighted by atomic mass is 16.7. The summed E-state index contributed by atoms with van der Waals surface area (Å²) in [6.07, 6.45) is 0. The van der Waals surface area contributed by atoms with Gasteiger partial charge in [-0.05, 0) is 46.8 Å². The van der Waals surface area contributed by atoms with Crippen molar-refractivity contribution in [2.45, 2.75) is 45.8 Å². The molecule has 114 valence electrons. The predicted octanol–water partition coefficient (Wildman–Crippen LogP) is 2.11. The van der Waals surface area contributed by atoms with Crippen LogP contribution in [0.2, 0.25) is 0 Å². The molecular formula is C15H21BO5. The van der Waals surface area contributed by atoms with E-state index in [1.165, 1.54) is 0 Å². The number of rotatable bonds is 3. The van der Waals surface area contributed by atoms with Crippen molar-refractivity contribution in [1.29, 1.82) is 0 Å². The Morgan fingerprint density at radius 1 is 1.10 bits per heavy atom. The van der Waals surface area contributed by atoms with Crippen LogP contribution in [0.5, 0.6) is 17.2 Å². The van der Waals surface area contributed by atoms with Crippen LogP contribution < -0.4 is 19.7 Å². The van der Waals surface area contributed by atoms with Crippen molar-refractivity contribution in [2.24, 2.45) is 0 Å². The molecule has 0 amide bonds. The van der Waals surface area contributed by atoms with Gasteiger partial charge in [0.2, 0.25) is 6.79 Å². The first-order chi connectivity index (χ1) is 9.86. The van der Waals surface area contributed by atoms with Crippen molar-refractivity contribution < 1.29 is 23.5 Å². The van der Waals surface area contributed by atoms with Crippen LogP contribution in [0, 0.1) is 0 Å². The molecule has 0 atom stereocenters. The summed E-state index contributed by atoms with van der Waals surface area (Å²) in [5.41, 5.74) is -0.0577. The van der Waals surface area contributed by atoms with Gasteiger partial charge in [-0.1, -0.05) is 0 Å². The Labute approximate surface area is 125 Å². The quantitative estimate of drug-likeness (QED) is 0.798. The van der Waals surface area contributed by atoms with E-state index in [9.17, 15) is 0 Å². The van der Waals surface area contributed by atoms with Gasteiger partial charge in [0, 0.05) is 0 Å². The summed E-state index contributed by atoms with van der Waals surface area (Å²) >= 11 is 0. The van der Waals surface area contributed by atoms with Crippen LogP contribution in [0.15, 0.2) is 12.1 Å². The molecule has 2 aliphatic rings. The number of hydrogen-bond donors (Lipinski definition) is 0. The summed E-state index contributed by atoms with van der Waals surface area (Å²) < 4.78 is 29.0. The summed E-state index contributed by atoms with van der Waals surface area (Å²) in [6.45, 7) is 10.8. The first kappa shape index (κ1) is 14.5. The third-order valence-electron chi connectivity index (χ3n) is 4.33. The minimum atomic E-state index is -0.534. The van der Waals surface area contributed by atoms with Crippen molar-refractivity contribution in [3.8, 4) is 17.2 Å². The molecule has 21 heavy (non-hydrogen) atoms. The minimum absolute atomic E-state index is 0.206. The molecule has 5 nitrogen and oxygen atoms in total. The van der Waals surface area contributed by atoms with Crippen LogP contribution in [0.4, 0.5) is 0 Å². The lowest BCUT2D eigenvalue weighted by molar-refractivity contribution is 0.00578. The Balaban J connectivity index is 2.04. The molecule has 3 rings (SSSR count). The van der Waals surface area contributed by atoms with E-state index in [-0.39, 0.29) is 6.79 Å². The van der Waals surface area contributed by atoms with Gasteiger partial charge in [0.05, 0.1) is 23.3 Å². The summed E-state index contributed by atoms with van der Waals surface area (Å²) in [5.74, 6) is 2.06. The minimum Gasteiger partial charge on any atom is -0.494 e. The lowest BCUT2D eigenvalue weighted by Gasteiger charge is -2.32. The van der Waals surface area contributed by atoms with E-state index < -0.39 is 18.3 Å². The Kier molecular flexibility index (Phi) is 3.33. The van der Waals surface area contributed by atoms with Crippen LogP contribution in [-0.4, -0.2) is 31.7 Å². The standard InChI is InChI=1S/C15H21BO5/c1-6-17-10-7-8-11-13(19-9-18-11)12(10)16-20-14(2,3)15(4,5)21-16/h7-8H,6,9H2,1-5H3. The maximum atomic E-state index is 6.12. The summed E-state index contributed by atoms with van der Waals surface area (Å²) in [5, 5.41) is 0.